The highest BCUT2D eigenvalue weighted by Gasteiger charge is 2.40. The van der Waals surface area contributed by atoms with E-state index in [0.717, 1.165) is 68.6 Å². The summed E-state index contributed by atoms with van der Waals surface area (Å²) in [7, 11) is -1.77. The number of piperidine rings is 2. The Bertz CT molecular complexity index is 2370. The number of halogens is 6. The lowest BCUT2D eigenvalue weighted by Gasteiger charge is -2.39. The van der Waals surface area contributed by atoms with Crippen LogP contribution in [0.1, 0.15) is 74.8 Å². The van der Waals surface area contributed by atoms with Crippen molar-refractivity contribution >= 4 is 44.6 Å². The van der Waals surface area contributed by atoms with Crippen molar-refractivity contribution < 1.29 is 44.3 Å². The van der Waals surface area contributed by atoms with Gasteiger partial charge < -0.3 is 10.2 Å². The van der Waals surface area contributed by atoms with Crippen LogP contribution in [0.5, 0.6) is 0 Å². The number of hydrogen-bond donors (Lipinski definition) is 2. The first-order valence-corrected chi connectivity index (χ1v) is 22.0. The van der Waals surface area contributed by atoms with Gasteiger partial charge >= 0.3 is 18.4 Å². The fraction of sp³-hybridized carbons (Fsp3) is 0.590. The van der Waals surface area contributed by atoms with Gasteiger partial charge in [-0.3, -0.25) is 24.4 Å². The molecule has 2 unspecified atom stereocenters. The second-order valence-corrected chi connectivity index (χ2v) is 18.8. The molecule has 22 heteroatoms. The first kappa shape index (κ1) is 42.8. The highest BCUT2D eigenvalue weighted by atomic mass is 32.2. The molecule has 61 heavy (non-hydrogen) atoms. The van der Waals surface area contributed by atoms with E-state index in [9.17, 15) is 44.3 Å². The van der Waals surface area contributed by atoms with Crippen molar-refractivity contribution in [3.63, 3.8) is 0 Å². The maximum Gasteiger partial charge on any atom is 0.419 e. The highest BCUT2D eigenvalue weighted by Crippen LogP contribution is 2.38. The summed E-state index contributed by atoms with van der Waals surface area (Å²) in [5, 5.41) is 13.9. The zero-order valence-corrected chi connectivity index (χ0v) is 34.2. The number of hydrogen-bond acceptors (Lipinski definition) is 10. The zero-order valence-electron chi connectivity index (χ0n) is 33.4. The molecule has 3 amide bonds. The predicted octanol–water partition coefficient (Wildman–Crippen LogP) is 5.90. The monoisotopic (exact) mass is 879 g/mol. The second kappa shape index (κ2) is 16.8. The van der Waals surface area contributed by atoms with Crippen LogP contribution in [0.3, 0.4) is 0 Å². The maximum atomic E-state index is 13.9. The molecule has 2 N–H and O–H groups in total. The molecule has 4 fully saturated rings. The van der Waals surface area contributed by atoms with Gasteiger partial charge in [0.1, 0.15) is 12.1 Å². The number of aromatic nitrogens is 6. The van der Waals surface area contributed by atoms with Gasteiger partial charge in [0.2, 0.25) is 21.9 Å². The summed E-state index contributed by atoms with van der Waals surface area (Å²) in [6, 6.07) is 5.42. The van der Waals surface area contributed by atoms with Crippen LogP contribution in [0.2, 0.25) is 0 Å². The number of benzene rings is 1. The fourth-order valence-electron chi connectivity index (χ4n) is 9.25. The molecule has 1 aromatic carbocycles. The Morgan fingerprint density at radius 3 is 2.39 bits per heavy atom. The minimum Gasteiger partial charge on any atom is -0.351 e. The molecular weight excluding hydrogens is 833 g/mol. The third-order valence-electron chi connectivity index (χ3n) is 12.4. The molecule has 330 valence electrons. The average molecular weight is 880 g/mol. The van der Waals surface area contributed by atoms with Crippen LogP contribution in [0.4, 0.5) is 42.9 Å². The van der Waals surface area contributed by atoms with Gasteiger partial charge in [-0.15, -0.1) is 0 Å². The van der Waals surface area contributed by atoms with E-state index in [-0.39, 0.29) is 55.4 Å². The van der Waals surface area contributed by atoms with Gasteiger partial charge in [0.05, 0.1) is 22.7 Å². The number of alkyl halides is 6. The molecule has 15 nitrogen and oxygen atoms in total. The molecule has 4 aromatic rings. The van der Waals surface area contributed by atoms with Crippen molar-refractivity contribution in [2.24, 2.45) is 13.0 Å². The normalized spacial score (nSPS) is 22.2. The number of sulfonamides is 1. The molecule has 6 heterocycles. The molecule has 3 aliphatic heterocycles. The molecule has 1 saturated carbocycles. The van der Waals surface area contributed by atoms with Crippen molar-refractivity contribution in [3.05, 3.63) is 47.9 Å². The Balaban J connectivity index is 0.831. The molecule has 1 aliphatic carbocycles. The minimum atomic E-state index is -4.87. The van der Waals surface area contributed by atoms with Crippen LogP contribution in [-0.2, 0) is 34.6 Å². The van der Waals surface area contributed by atoms with Crippen LogP contribution in [-0.4, -0.2) is 116 Å². The smallest absolute Gasteiger partial charge is 0.351 e. The molecule has 3 aromatic heterocycles. The number of aryl methyl sites for hydroxylation is 1. The number of rotatable bonds is 10. The summed E-state index contributed by atoms with van der Waals surface area (Å²) in [6.07, 6.45) is -1.40. The summed E-state index contributed by atoms with van der Waals surface area (Å²) < 4.78 is 112. The van der Waals surface area contributed by atoms with E-state index < -0.39 is 51.5 Å². The van der Waals surface area contributed by atoms with Crippen molar-refractivity contribution in [3.8, 4) is 11.3 Å². The van der Waals surface area contributed by atoms with Gasteiger partial charge in [0.25, 0.3) is 0 Å². The van der Waals surface area contributed by atoms with Crippen molar-refractivity contribution in [1.29, 1.82) is 0 Å². The standard InChI is InChI=1S/C39H47F6N11O4S/c1-52-32-18-26(5-6-30(32)35(51-52)56-16-11-33(57)49-37(56)58)25-7-12-53(13-8-25)21-24-3-2-4-29(17-24)61(59,60)55-14-9-28(10-15-55)48-36-46-20-31(39(43,44)45)34(50-36)27-19-47-54(22-27)23-38(40,41)42/h5-6,18-20,22,24-25,28-29H,2-4,7-17,21,23H2,1H3,(H,46,48,50)(H,49,57,58). The molecule has 2 atom stereocenters. The van der Waals surface area contributed by atoms with E-state index >= 15 is 0 Å². The number of fused-ring (bicyclic) bond motifs is 1. The Morgan fingerprint density at radius 1 is 0.934 bits per heavy atom. The van der Waals surface area contributed by atoms with Gasteiger partial charge in [0.15, 0.2) is 5.82 Å². The Morgan fingerprint density at radius 2 is 1.69 bits per heavy atom. The van der Waals surface area contributed by atoms with Crippen LogP contribution < -0.4 is 15.5 Å². The highest BCUT2D eigenvalue weighted by molar-refractivity contribution is 7.89. The summed E-state index contributed by atoms with van der Waals surface area (Å²) in [6.45, 7) is 1.84. The van der Waals surface area contributed by atoms with Gasteiger partial charge in [-0.1, -0.05) is 12.5 Å². The van der Waals surface area contributed by atoms with Crippen LogP contribution >= 0.6 is 0 Å². The fourth-order valence-corrected chi connectivity index (χ4v) is 11.4. The minimum absolute atomic E-state index is 0.152. The van der Waals surface area contributed by atoms with Crippen molar-refractivity contribution in [2.45, 2.75) is 93.9 Å². The zero-order chi connectivity index (χ0) is 43.3. The lowest BCUT2D eigenvalue weighted by atomic mass is 9.86. The van der Waals surface area contributed by atoms with Crippen molar-refractivity contribution in [2.75, 3.05) is 49.5 Å². The summed E-state index contributed by atoms with van der Waals surface area (Å²) >= 11 is 0. The lowest BCUT2D eigenvalue weighted by molar-refractivity contribution is -0.142. The topological polar surface area (TPSA) is 163 Å². The number of carbonyl (C=O) groups excluding carboxylic acids is 2. The number of nitrogens with zero attached hydrogens (tertiary/aromatic N) is 9. The third-order valence-corrected chi connectivity index (χ3v) is 14.7. The van der Waals surface area contributed by atoms with E-state index in [4.69, 9.17) is 0 Å². The predicted molar refractivity (Wildman–Crippen MR) is 212 cm³/mol. The Kier molecular flexibility index (Phi) is 11.8. The van der Waals surface area contributed by atoms with Crippen LogP contribution in [0.25, 0.3) is 22.2 Å². The Hall–Kier alpha value is -4.83. The van der Waals surface area contributed by atoms with E-state index in [1.54, 1.807) is 4.68 Å². The summed E-state index contributed by atoms with van der Waals surface area (Å²) in [5.41, 5.74) is 0.0351. The molecule has 4 aliphatic rings. The van der Waals surface area contributed by atoms with E-state index in [1.807, 2.05) is 13.1 Å². The first-order valence-electron chi connectivity index (χ1n) is 20.5. The largest absolute Gasteiger partial charge is 0.419 e. The van der Waals surface area contributed by atoms with Gasteiger partial charge in [0, 0.05) is 69.0 Å². The number of amides is 3. The number of likely N-dealkylation sites (tertiary alicyclic amines) is 1. The molecule has 3 saturated heterocycles. The van der Waals surface area contributed by atoms with Gasteiger partial charge in [-0.25, -0.2) is 27.5 Å². The van der Waals surface area contributed by atoms with E-state index in [2.05, 4.69) is 47.8 Å². The van der Waals surface area contributed by atoms with E-state index in [0.29, 0.717) is 48.3 Å². The van der Waals surface area contributed by atoms with Crippen LogP contribution in [0.15, 0.2) is 36.8 Å². The van der Waals surface area contributed by atoms with Crippen LogP contribution in [0, 0.1) is 5.92 Å². The number of urea groups is 1. The lowest BCUT2D eigenvalue weighted by Crippen LogP contribution is -2.49. The average Bonchev–Trinajstić information content (AvgIpc) is 3.80. The Labute approximate surface area is 347 Å². The second-order valence-electron chi connectivity index (χ2n) is 16.6. The number of imide groups is 1. The third kappa shape index (κ3) is 9.49. The summed E-state index contributed by atoms with van der Waals surface area (Å²) in [5.74, 6) is 0.661. The van der Waals surface area contributed by atoms with Gasteiger partial charge in [-0.05, 0) is 87.6 Å². The SMILES string of the molecule is Cn1nc(N2CCC(=O)NC2=O)c2ccc(C3CCN(CC4CCCC(S(=O)(=O)N5CCC(Nc6ncc(C(F)(F)F)c(-c7cnn(CC(F)(F)F)c7)n6)CC5)C4)CC3)cc21. The first-order chi connectivity index (χ1) is 28.9. The molecular formula is C39H47F6N11O4S. The molecule has 0 spiro atoms. The number of carbonyl (C=O) groups is 2. The molecule has 0 bridgehead atoms. The van der Waals surface area contributed by atoms with Gasteiger partial charge in [-0.2, -0.15) is 36.5 Å². The molecule has 8 rings (SSSR count). The number of anilines is 2. The molecule has 0 radical (unpaired) electrons. The summed E-state index contributed by atoms with van der Waals surface area (Å²) in [4.78, 5) is 36.0. The van der Waals surface area contributed by atoms with Crippen molar-refractivity contribution in [1.82, 2.24) is 44.1 Å². The quantitative estimate of drug-likeness (QED) is 0.184. The number of nitrogens with one attached hydrogen (secondary N) is 2. The van der Waals surface area contributed by atoms with E-state index in [1.165, 1.54) is 14.8 Å². The maximum absolute atomic E-state index is 13.9.